The summed E-state index contributed by atoms with van der Waals surface area (Å²) < 4.78 is 27.3. The van der Waals surface area contributed by atoms with E-state index >= 15 is 0 Å². The van der Waals surface area contributed by atoms with Crippen LogP contribution in [-0.2, 0) is 14.8 Å². The second-order valence-electron chi connectivity index (χ2n) is 7.06. The number of anilines is 1. The van der Waals surface area contributed by atoms with E-state index in [-0.39, 0.29) is 27.8 Å². The number of carbonyl (C=O) groups excluding carboxylic acids is 1. The standard InChI is InChI=1S/C22H17N5O6S/c28-20(24-25-21-18-8-4-5-9-19(18)23-22(21)29)14-26(15-10-12-16(13-11-15)27(30)31)34(32,33)17-6-2-1-3-7-17/h1-13,23,29H,14H2. The molecule has 3 aromatic carbocycles. The highest BCUT2D eigenvalue weighted by Gasteiger charge is 2.27. The number of rotatable bonds is 7. The Labute approximate surface area is 193 Å². The summed E-state index contributed by atoms with van der Waals surface area (Å²) in [6, 6.07) is 19.0. The van der Waals surface area contributed by atoms with Gasteiger partial charge in [-0.15, -0.1) is 10.2 Å². The van der Waals surface area contributed by atoms with Gasteiger partial charge in [0.15, 0.2) is 5.69 Å². The number of carbonyl (C=O) groups is 1. The minimum Gasteiger partial charge on any atom is -0.493 e. The highest BCUT2D eigenvalue weighted by molar-refractivity contribution is 7.92. The third-order valence-corrected chi connectivity index (χ3v) is 6.67. The van der Waals surface area contributed by atoms with Crippen molar-refractivity contribution in [2.45, 2.75) is 4.90 Å². The Morgan fingerprint density at radius 1 is 1.00 bits per heavy atom. The molecule has 0 fully saturated rings. The number of H-pyrrole nitrogens is 1. The van der Waals surface area contributed by atoms with E-state index in [2.05, 4.69) is 15.2 Å². The van der Waals surface area contributed by atoms with Gasteiger partial charge in [0.25, 0.3) is 21.6 Å². The largest absolute Gasteiger partial charge is 0.493 e. The number of aromatic amines is 1. The molecule has 0 saturated heterocycles. The van der Waals surface area contributed by atoms with Crippen LogP contribution in [-0.4, -0.2) is 35.9 Å². The fourth-order valence-corrected chi connectivity index (χ4v) is 4.68. The second kappa shape index (κ2) is 9.11. The number of nitrogens with one attached hydrogen (secondary N) is 1. The van der Waals surface area contributed by atoms with E-state index in [9.17, 15) is 28.4 Å². The summed E-state index contributed by atoms with van der Waals surface area (Å²) in [7, 11) is -4.21. The Kier molecular flexibility index (Phi) is 6.06. The molecule has 0 aliphatic carbocycles. The molecule has 1 heterocycles. The molecule has 34 heavy (non-hydrogen) atoms. The average molecular weight is 479 g/mol. The van der Waals surface area contributed by atoms with Gasteiger partial charge in [0, 0.05) is 17.5 Å². The number of nitro benzene ring substituents is 1. The molecule has 0 unspecified atom stereocenters. The third-order valence-electron chi connectivity index (χ3n) is 4.88. The molecule has 172 valence electrons. The lowest BCUT2D eigenvalue weighted by Crippen LogP contribution is -2.35. The van der Waals surface area contributed by atoms with E-state index < -0.39 is 27.4 Å². The molecule has 0 atom stereocenters. The number of fused-ring (bicyclic) bond motifs is 1. The summed E-state index contributed by atoms with van der Waals surface area (Å²) in [5.74, 6) is -1.20. The fourth-order valence-electron chi connectivity index (χ4n) is 3.25. The number of hydrogen-bond acceptors (Lipinski definition) is 7. The number of amides is 1. The van der Waals surface area contributed by atoms with Crippen molar-refractivity contribution in [3.05, 3.63) is 89.0 Å². The zero-order valence-electron chi connectivity index (χ0n) is 17.4. The number of aromatic nitrogens is 1. The molecule has 0 spiro atoms. The predicted molar refractivity (Wildman–Crippen MR) is 124 cm³/mol. The highest BCUT2D eigenvalue weighted by atomic mass is 32.2. The van der Waals surface area contributed by atoms with Crippen LogP contribution in [0.4, 0.5) is 17.1 Å². The number of benzene rings is 3. The van der Waals surface area contributed by atoms with Crippen molar-refractivity contribution in [2.75, 3.05) is 10.8 Å². The van der Waals surface area contributed by atoms with Gasteiger partial charge in [-0.2, -0.15) is 0 Å². The Hall–Kier alpha value is -4.58. The highest BCUT2D eigenvalue weighted by Crippen LogP contribution is 2.35. The molecule has 0 saturated carbocycles. The van der Waals surface area contributed by atoms with Crippen LogP contribution in [0.1, 0.15) is 0 Å². The molecule has 12 heteroatoms. The van der Waals surface area contributed by atoms with Crippen LogP contribution in [0, 0.1) is 10.1 Å². The van der Waals surface area contributed by atoms with Gasteiger partial charge < -0.3 is 10.1 Å². The van der Waals surface area contributed by atoms with Crippen molar-refractivity contribution in [2.24, 2.45) is 10.2 Å². The quantitative estimate of drug-likeness (QED) is 0.229. The maximum atomic E-state index is 13.3. The molecular formula is C22H17N5O6S. The Balaban J connectivity index is 1.67. The number of hydrogen-bond donors (Lipinski definition) is 2. The van der Waals surface area contributed by atoms with E-state index in [4.69, 9.17) is 0 Å². The zero-order chi connectivity index (χ0) is 24.3. The van der Waals surface area contributed by atoms with Gasteiger partial charge in [0.05, 0.1) is 21.0 Å². The van der Waals surface area contributed by atoms with E-state index in [1.807, 2.05) is 0 Å². The van der Waals surface area contributed by atoms with Crippen molar-refractivity contribution < 1.29 is 23.2 Å². The first-order chi connectivity index (χ1) is 16.3. The minimum absolute atomic E-state index is 0.0351. The normalized spacial score (nSPS) is 11.6. The number of azo groups is 1. The molecular weight excluding hydrogens is 462 g/mol. The average Bonchev–Trinajstić information content (AvgIpc) is 3.16. The second-order valence-corrected chi connectivity index (χ2v) is 8.92. The van der Waals surface area contributed by atoms with E-state index in [1.54, 1.807) is 30.3 Å². The van der Waals surface area contributed by atoms with Crippen molar-refractivity contribution in [1.82, 2.24) is 4.98 Å². The third kappa shape index (κ3) is 4.47. The van der Waals surface area contributed by atoms with Gasteiger partial charge in [-0.1, -0.05) is 36.4 Å². The first-order valence-corrected chi connectivity index (χ1v) is 11.3. The fraction of sp³-hybridized carbons (Fsp3) is 0.0455. The molecule has 1 amide bonds. The SMILES string of the molecule is O=C(CN(c1ccc([N+](=O)[O-])cc1)S(=O)(=O)c1ccccc1)N=Nc1c(O)[nH]c2ccccc12. The number of non-ortho nitro benzene ring substituents is 1. The summed E-state index contributed by atoms with van der Waals surface area (Å²) >= 11 is 0. The predicted octanol–water partition coefficient (Wildman–Crippen LogP) is 4.29. The lowest BCUT2D eigenvalue weighted by atomic mass is 10.2. The number of aromatic hydroxyl groups is 1. The topological polar surface area (TPSA) is 158 Å². The van der Waals surface area contributed by atoms with Crippen LogP contribution < -0.4 is 4.31 Å². The van der Waals surface area contributed by atoms with E-state index in [0.29, 0.717) is 10.9 Å². The van der Waals surface area contributed by atoms with Gasteiger partial charge in [-0.3, -0.25) is 19.2 Å². The van der Waals surface area contributed by atoms with Crippen LogP contribution in [0.15, 0.2) is 94.0 Å². The molecule has 4 rings (SSSR count). The number of sulfonamides is 1. The van der Waals surface area contributed by atoms with E-state index in [1.165, 1.54) is 36.4 Å². The maximum absolute atomic E-state index is 13.3. The summed E-state index contributed by atoms with van der Waals surface area (Å²) in [5, 5.41) is 29.0. The number of nitrogens with zero attached hydrogens (tertiary/aromatic N) is 4. The van der Waals surface area contributed by atoms with Crippen LogP contribution in [0.2, 0.25) is 0 Å². The summed E-state index contributed by atoms with van der Waals surface area (Å²) in [5.41, 5.74) is 0.423. The molecule has 1 aromatic heterocycles. The zero-order valence-corrected chi connectivity index (χ0v) is 18.2. The summed E-state index contributed by atoms with van der Waals surface area (Å²) in [4.78, 5) is 25.6. The molecule has 0 aliphatic heterocycles. The lowest BCUT2D eigenvalue weighted by Gasteiger charge is -2.22. The maximum Gasteiger partial charge on any atom is 0.285 e. The van der Waals surface area contributed by atoms with Crippen molar-refractivity contribution in [1.29, 1.82) is 0 Å². The first-order valence-electron chi connectivity index (χ1n) is 9.84. The Morgan fingerprint density at radius 2 is 1.65 bits per heavy atom. The number of para-hydroxylation sites is 1. The minimum atomic E-state index is -4.21. The summed E-state index contributed by atoms with van der Waals surface area (Å²) in [6.07, 6.45) is 0. The monoisotopic (exact) mass is 479 g/mol. The van der Waals surface area contributed by atoms with Crippen LogP contribution in [0.5, 0.6) is 5.88 Å². The smallest absolute Gasteiger partial charge is 0.285 e. The van der Waals surface area contributed by atoms with E-state index in [0.717, 1.165) is 16.4 Å². The Bertz CT molecular complexity index is 1500. The van der Waals surface area contributed by atoms with Gasteiger partial charge in [-0.05, 0) is 30.3 Å². The van der Waals surface area contributed by atoms with Crippen molar-refractivity contribution >= 4 is 43.9 Å². The first kappa shape index (κ1) is 22.6. The molecule has 11 nitrogen and oxygen atoms in total. The van der Waals surface area contributed by atoms with Crippen LogP contribution in [0.3, 0.4) is 0 Å². The molecule has 0 bridgehead atoms. The van der Waals surface area contributed by atoms with Crippen LogP contribution in [0.25, 0.3) is 10.9 Å². The van der Waals surface area contributed by atoms with Gasteiger partial charge in [0.1, 0.15) is 6.54 Å². The molecule has 2 N–H and O–H groups in total. The number of nitro groups is 1. The lowest BCUT2D eigenvalue weighted by molar-refractivity contribution is -0.384. The van der Waals surface area contributed by atoms with Gasteiger partial charge in [-0.25, -0.2) is 8.42 Å². The molecule has 4 aromatic rings. The molecule has 0 aliphatic rings. The van der Waals surface area contributed by atoms with Crippen molar-refractivity contribution in [3.8, 4) is 5.88 Å². The van der Waals surface area contributed by atoms with Crippen LogP contribution >= 0.6 is 0 Å². The van der Waals surface area contributed by atoms with Crippen molar-refractivity contribution in [3.63, 3.8) is 0 Å². The molecule has 0 radical (unpaired) electrons. The van der Waals surface area contributed by atoms with Gasteiger partial charge >= 0.3 is 0 Å². The summed E-state index contributed by atoms with van der Waals surface area (Å²) in [6.45, 7) is -0.721. The van der Waals surface area contributed by atoms with Gasteiger partial charge in [0.2, 0.25) is 5.88 Å². The Morgan fingerprint density at radius 3 is 2.32 bits per heavy atom.